The number of thiazole rings is 1. The van der Waals surface area contributed by atoms with E-state index in [0.717, 1.165) is 29.8 Å². The van der Waals surface area contributed by atoms with E-state index in [1.165, 1.54) is 35.3 Å². The van der Waals surface area contributed by atoms with Gasteiger partial charge in [-0.05, 0) is 73.2 Å². The Morgan fingerprint density at radius 2 is 1.85 bits per heavy atom. The number of aromatic nitrogens is 1. The molecule has 26 heavy (non-hydrogen) atoms. The van der Waals surface area contributed by atoms with Crippen molar-refractivity contribution in [3.8, 4) is 17.0 Å². The van der Waals surface area contributed by atoms with E-state index in [1.54, 1.807) is 7.11 Å². The van der Waals surface area contributed by atoms with Crippen LogP contribution in [0, 0.1) is 0 Å². The first-order valence-electron chi connectivity index (χ1n) is 8.76. The van der Waals surface area contributed by atoms with Gasteiger partial charge in [0.15, 0.2) is 5.13 Å². The molecule has 0 saturated carbocycles. The Balaban J connectivity index is 1.49. The molecule has 1 aromatic heterocycles. The summed E-state index contributed by atoms with van der Waals surface area (Å²) in [6, 6.07) is 13.8. The predicted molar refractivity (Wildman–Crippen MR) is 105 cm³/mol. The molecule has 132 valence electrons. The zero-order valence-electron chi connectivity index (χ0n) is 14.6. The number of benzene rings is 2. The standard InChI is InChI=1S/C21H20N2O2S/c1-25-18-10-8-15(9-11-18)19-13-26-21(22-19)23-20(24)17-7-6-14-4-2-3-5-16(14)12-17/h6-13H,2-5H2,1H3,(H,22,23,24). The summed E-state index contributed by atoms with van der Waals surface area (Å²) in [5, 5.41) is 5.48. The topological polar surface area (TPSA) is 51.2 Å². The number of nitrogens with zero attached hydrogens (tertiary/aromatic N) is 1. The molecule has 0 fully saturated rings. The largest absolute Gasteiger partial charge is 0.497 e. The molecular formula is C21H20N2O2S. The minimum Gasteiger partial charge on any atom is -0.497 e. The number of hydrogen-bond acceptors (Lipinski definition) is 4. The smallest absolute Gasteiger partial charge is 0.257 e. The third-order valence-electron chi connectivity index (χ3n) is 4.72. The SMILES string of the molecule is COc1ccc(-c2csc(NC(=O)c3ccc4c(c3)CCCC4)n2)cc1. The van der Waals surface area contributed by atoms with Gasteiger partial charge >= 0.3 is 0 Å². The van der Waals surface area contributed by atoms with Crippen LogP contribution in [-0.2, 0) is 12.8 Å². The fourth-order valence-corrected chi connectivity index (χ4v) is 3.98. The minimum absolute atomic E-state index is 0.103. The monoisotopic (exact) mass is 364 g/mol. The molecule has 0 saturated heterocycles. The Morgan fingerprint density at radius 1 is 1.08 bits per heavy atom. The van der Waals surface area contributed by atoms with E-state index >= 15 is 0 Å². The summed E-state index contributed by atoms with van der Waals surface area (Å²) < 4.78 is 5.18. The van der Waals surface area contributed by atoms with Crippen molar-refractivity contribution in [2.75, 3.05) is 12.4 Å². The quantitative estimate of drug-likeness (QED) is 0.713. The second-order valence-corrected chi connectivity index (χ2v) is 7.27. The molecule has 0 aliphatic heterocycles. The van der Waals surface area contributed by atoms with Crippen LogP contribution in [0.1, 0.15) is 34.3 Å². The maximum Gasteiger partial charge on any atom is 0.257 e. The van der Waals surface area contributed by atoms with Crippen LogP contribution < -0.4 is 10.1 Å². The number of fused-ring (bicyclic) bond motifs is 1. The van der Waals surface area contributed by atoms with Gasteiger partial charge in [-0.1, -0.05) is 6.07 Å². The Bertz CT molecular complexity index is 931. The van der Waals surface area contributed by atoms with Crippen LogP contribution in [0.2, 0.25) is 0 Å². The van der Waals surface area contributed by atoms with Gasteiger partial charge in [-0.2, -0.15) is 0 Å². The van der Waals surface area contributed by atoms with E-state index in [2.05, 4.69) is 16.4 Å². The van der Waals surface area contributed by atoms with Gasteiger partial charge in [0.2, 0.25) is 0 Å². The number of ether oxygens (including phenoxy) is 1. The van der Waals surface area contributed by atoms with E-state index in [4.69, 9.17) is 4.74 Å². The van der Waals surface area contributed by atoms with E-state index in [-0.39, 0.29) is 5.91 Å². The molecule has 2 aromatic carbocycles. The molecular weight excluding hydrogens is 344 g/mol. The molecule has 4 rings (SSSR count). The van der Waals surface area contributed by atoms with Crippen molar-refractivity contribution < 1.29 is 9.53 Å². The first-order valence-corrected chi connectivity index (χ1v) is 9.64. The Hall–Kier alpha value is -2.66. The summed E-state index contributed by atoms with van der Waals surface area (Å²) in [6.07, 6.45) is 4.63. The fraction of sp³-hybridized carbons (Fsp3) is 0.238. The lowest BCUT2D eigenvalue weighted by atomic mass is 9.90. The van der Waals surface area contributed by atoms with Gasteiger partial charge in [-0.25, -0.2) is 4.98 Å². The fourth-order valence-electron chi connectivity index (χ4n) is 3.27. The second kappa shape index (κ2) is 7.30. The summed E-state index contributed by atoms with van der Waals surface area (Å²) in [7, 11) is 1.65. The average molecular weight is 364 g/mol. The number of hydrogen-bond donors (Lipinski definition) is 1. The van der Waals surface area contributed by atoms with E-state index in [0.29, 0.717) is 10.7 Å². The molecule has 0 unspecified atom stereocenters. The number of aryl methyl sites for hydroxylation is 2. The summed E-state index contributed by atoms with van der Waals surface area (Å²) in [5.41, 5.74) is 5.23. The highest BCUT2D eigenvalue weighted by Gasteiger charge is 2.14. The van der Waals surface area contributed by atoms with Crippen LogP contribution in [-0.4, -0.2) is 18.0 Å². The maximum absolute atomic E-state index is 12.6. The highest BCUT2D eigenvalue weighted by Crippen LogP contribution is 2.27. The Kier molecular flexibility index (Phi) is 4.71. The van der Waals surface area contributed by atoms with Crippen LogP contribution in [0.25, 0.3) is 11.3 Å². The van der Waals surface area contributed by atoms with Gasteiger partial charge in [0.05, 0.1) is 12.8 Å². The lowest BCUT2D eigenvalue weighted by molar-refractivity contribution is 0.102. The zero-order chi connectivity index (χ0) is 17.9. The van der Waals surface area contributed by atoms with E-state index in [9.17, 15) is 4.79 Å². The van der Waals surface area contributed by atoms with Crippen molar-refractivity contribution in [3.63, 3.8) is 0 Å². The van der Waals surface area contributed by atoms with Crippen molar-refractivity contribution in [2.24, 2.45) is 0 Å². The predicted octanol–water partition coefficient (Wildman–Crippen LogP) is 4.95. The van der Waals surface area contributed by atoms with Crippen LogP contribution in [0.3, 0.4) is 0 Å². The highest BCUT2D eigenvalue weighted by molar-refractivity contribution is 7.14. The first-order chi connectivity index (χ1) is 12.7. The zero-order valence-corrected chi connectivity index (χ0v) is 15.4. The van der Waals surface area contributed by atoms with Crippen molar-refractivity contribution in [3.05, 3.63) is 64.5 Å². The van der Waals surface area contributed by atoms with Crippen LogP contribution in [0.15, 0.2) is 47.8 Å². The number of nitrogens with one attached hydrogen (secondary N) is 1. The van der Waals surface area contributed by atoms with Crippen molar-refractivity contribution in [1.29, 1.82) is 0 Å². The molecule has 0 spiro atoms. The summed E-state index contributed by atoms with van der Waals surface area (Å²) >= 11 is 1.43. The number of carbonyl (C=O) groups excluding carboxylic acids is 1. The van der Waals surface area contributed by atoms with E-state index < -0.39 is 0 Å². The van der Waals surface area contributed by atoms with Gasteiger partial charge in [0.25, 0.3) is 5.91 Å². The van der Waals surface area contributed by atoms with Crippen LogP contribution in [0.4, 0.5) is 5.13 Å². The summed E-state index contributed by atoms with van der Waals surface area (Å²) in [5.74, 6) is 0.707. The van der Waals surface area contributed by atoms with Crippen molar-refractivity contribution in [2.45, 2.75) is 25.7 Å². The van der Waals surface area contributed by atoms with Gasteiger partial charge in [-0.3, -0.25) is 10.1 Å². The molecule has 0 radical (unpaired) electrons. The van der Waals surface area contributed by atoms with Gasteiger partial charge in [-0.15, -0.1) is 11.3 Å². The third kappa shape index (κ3) is 3.48. The average Bonchev–Trinajstić information content (AvgIpc) is 3.16. The van der Waals surface area contributed by atoms with Gasteiger partial charge in [0.1, 0.15) is 5.75 Å². The Morgan fingerprint density at radius 3 is 2.62 bits per heavy atom. The third-order valence-corrected chi connectivity index (χ3v) is 5.48. The maximum atomic E-state index is 12.6. The number of amides is 1. The number of methoxy groups -OCH3 is 1. The summed E-state index contributed by atoms with van der Waals surface area (Å²) in [4.78, 5) is 17.1. The lowest BCUT2D eigenvalue weighted by Gasteiger charge is -2.16. The molecule has 1 aliphatic rings. The van der Waals surface area contributed by atoms with Gasteiger partial charge < -0.3 is 4.74 Å². The first kappa shape index (κ1) is 16.8. The van der Waals surface area contributed by atoms with Crippen molar-refractivity contribution >= 4 is 22.4 Å². The van der Waals surface area contributed by atoms with Crippen LogP contribution in [0.5, 0.6) is 5.75 Å². The number of anilines is 1. The highest BCUT2D eigenvalue weighted by atomic mass is 32.1. The molecule has 1 amide bonds. The van der Waals surface area contributed by atoms with Crippen molar-refractivity contribution in [1.82, 2.24) is 4.98 Å². The molecule has 1 heterocycles. The normalized spacial score (nSPS) is 13.1. The molecule has 3 aromatic rings. The number of carbonyl (C=O) groups is 1. The molecule has 1 N–H and O–H groups in total. The molecule has 0 atom stereocenters. The molecule has 4 nitrogen and oxygen atoms in total. The molecule has 5 heteroatoms. The molecule has 1 aliphatic carbocycles. The molecule has 0 bridgehead atoms. The lowest BCUT2D eigenvalue weighted by Crippen LogP contribution is -2.13. The Labute approximate surface area is 156 Å². The number of rotatable bonds is 4. The van der Waals surface area contributed by atoms with Crippen LogP contribution >= 0.6 is 11.3 Å². The van der Waals surface area contributed by atoms with E-state index in [1.807, 2.05) is 41.8 Å². The summed E-state index contributed by atoms with van der Waals surface area (Å²) in [6.45, 7) is 0. The second-order valence-electron chi connectivity index (χ2n) is 6.41. The minimum atomic E-state index is -0.103. The van der Waals surface area contributed by atoms with Gasteiger partial charge in [0, 0.05) is 16.5 Å².